The summed E-state index contributed by atoms with van der Waals surface area (Å²) in [4.78, 5) is 2.48. The lowest BCUT2D eigenvalue weighted by atomic mass is 9.57. The van der Waals surface area contributed by atoms with Gasteiger partial charge in [-0.25, -0.2) is 0 Å². The summed E-state index contributed by atoms with van der Waals surface area (Å²) >= 11 is 0. The summed E-state index contributed by atoms with van der Waals surface area (Å²) in [6.07, 6.45) is 7.41. The first kappa shape index (κ1) is 15.6. The SMILES string of the molecule is COC1=CC=C2[C@H]3Cc4ccc(OC)c(OC)c4[C@@]2(CCN3C)C1. The quantitative estimate of drug-likeness (QED) is 0.854. The van der Waals surface area contributed by atoms with E-state index in [0.29, 0.717) is 6.04 Å². The third kappa shape index (κ3) is 1.95. The fraction of sp³-hybridized carbons (Fsp3) is 0.500. The van der Waals surface area contributed by atoms with E-state index in [9.17, 15) is 0 Å². The molecular formula is C20H25NO3. The molecule has 1 aromatic carbocycles. The number of rotatable bonds is 3. The molecule has 2 atom stereocenters. The van der Waals surface area contributed by atoms with E-state index in [4.69, 9.17) is 14.2 Å². The number of nitrogens with zero attached hydrogens (tertiary/aromatic N) is 1. The van der Waals surface area contributed by atoms with Gasteiger partial charge >= 0.3 is 0 Å². The van der Waals surface area contributed by atoms with E-state index >= 15 is 0 Å². The summed E-state index contributed by atoms with van der Waals surface area (Å²) in [5.74, 6) is 2.75. The summed E-state index contributed by atoms with van der Waals surface area (Å²) in [7, 11) is 7.45. The number of hydrogen-bond acceptors (Lipinski definition) is 4. The van der Waals surface area contributed by atoms with Crippen LogP contribution >= 0.6 is 0 Å². The van der Waals surface area contributed by atoms with Gasteiger partial charge < -0.3 is 14.2 Å². The molecule has 24 heavy (non-hydrogen) atoms. The molecule has 1 saturated heterocycles. The van der Waals surface area contributed by atoms with Crippen LogP contribution in [0, 0.1) is 0 Å². The molecule has 0 N–H and O–H groups in total. The summed E-state index contributed by atoms with van der Waals surface area (Å²) in [6, 6.07) is 4.71. The number of allylic oxidation sites excluding steroid dienone is 3. The fourth-order valence-electron chi connectivity index (χ4n) is 4.86. The molecule has 3 aliphatic rings. The minimum absolute atomic E-state index is 0.0370. The molecular weight excluding hydrogens is 302 g/mol. The Kier molecular flexibility index (Phi) is 3.61. The Labute approximate surface area is 143 Å². The maximum absolute atomic E-state index is 5.84. The first-order valence-corrected chi connectivity index (χ1v) is 8.54. The average molecular weight is 327 g/mol. The molecule has 0 saturated carbocycles. The second kappa shape index (κ2) is 5.55. The largest absolute Gasteiger partial charge is 0.501 e. The highest BCUT2D eigenvalue weighted by Crippen LogP contribution is 2.57. The minimum atomic E-state index is -0.0370. The summed E-state index contributed by atoms with van der Waals surface area (Å²) < 4.78 is 17.1. The highest BCUT2D eigenvalue weighted by Gasteiger charge is 2.52. The van der Waals surface area contributed by atoms with Crippen LogP contribution in [0.2, 0.25) is 0 Å². The van der Waals surface area contributed by atoms with Crippen molar-refractivity contribution >= 4 is 0 Å². The highest BCUT2D eigenvalue weighted by molar-refractivity contribution is 5.63. The predicted molar refractivity (Wildman–Crippen MR) is 93.8 cm³/mol. The number of piperidine rings is 1. The third-order valence-electron chi connectivity index (χ3n) is 6.05. The molecule has 1 heterocycles. The van der Waals surface area contributed by atoms with E-state index in [2.05, 4.69) is 30.2 Å². The van der Waals surface area contributed by atoms with Gasteiger partial charge in [0.15, 0.2) is 11.5 Å². The van der Waals surface area contributed by atoms with Crippen LogP contribution in [0.5, 0.6) is 11.5 Å². The van der Waals surface area contributed by atoms with E-state index in [1.165, 1.54) is 16.7 Å². The van der Waals surface area contributed by atoms with Crippen molar-refractivity contribution in [3.8, 4) is 11.5 Å². The van der Waals surface area contributed by atoms with Crippen LogP contribution < -0.4 is 9.47 Å². The first-order chi connectivity index (χ1) is 11.6. The molecule has 2 bridgehead atoms. The van der Waals surface area contributed by atoms with Crippen LogP contribution in [0.1, 0.15) is 24.0 Å². The molecule has 4 nitrogen and oxygen atoms in total. The standard InChI is InChI=1S/C20H25NO3/c1-21-10-9-20-12-14(22-2)6-7-15(20)16(21)11-13-5-8-17(23-3)19(24-4)18(13)20/h5-8,16H,9-12H2,1-4H3/t16-,20+/m1/s1. The molecule has 0 aromatic heterocycles. The molecule has 2 aliphatic carbocycles. The van der Waals surface area contributed by atoms with Crippen molar-refractivity contribution < 1.29 is 14.2 Å². The van der Waals surface area contributed by atoms with Gasteiger partial charge in [0.1, 0.15) is 0 Å². The number of likely N-dealkylation sites (N-methyl/N-ethyl adjacent to an activating group) is 1. The molecule has 0 radical (unpaired) electrons. The number of likely N-dealkylation sites (tertiary alicyclic amines) is 1. The molecule has 0 amide bonds. The number of fused-ring (bicyclic) bond motifs is 1. The van der Waals surface area contributed by atoms with Gasteiger partial charge in [-0.1, -0.05) is 12.1 Å². The van der Waals surface area contributed by atoms with Crippen LogP contribution in [-0.2, 0) is 16.6 Å². The van der Waals surface area contributed by atoms with Crippen LogP contribution in [0.3, 0.4) is 0 Å². The van der Waals surface area contributed by atoms with Crippen LogP contribution in [-0.4, -0.2) is 45.9 Å². The van der Waals surface area contributed by atoms with Crippen molar-refractivity contribution in [3.05, 3.63) is 46.7 Å². The van der Waals surface area contributed by atoms with Crippen molar-refractivity contribution in [1.29, 1.82) is 0 Å². The fourth-order valence-corrected chi connectivity index (χ4v) is 4.86. The zero-order valence-electron chi connectivity index (χ0n) is 14.9. The second-order valence-electron chi connectivity index (χ2n) is 7.00. The number of methoxy groups -OCH3 is 3. The lowest BCUT2D eigenvalue weighted by Crippen LogP contribution is -2.54. The minimum Gasteiger partial charge on any atom is -0.501 e. The van der Waals surface area contributed by atoms with Gasteiger partial charge in [-0.15, -0.1) is 0 Å². The van der Waals surface area contributed by atoms with Crippen LogP contribution in [0.15, 0.2) is 35.6 Å². The zero-order chi connectivity index (χ0) is 16.9. The predicted octanol–water partition coefficient (Wildman–Crippen LogP) is 3.06. The summed E-state index contributed by atoms with van der Waals surface area (Å²) in [5, 5.41) is 0. The Morgan fingerprint density at radius 2 is 1.92 bits per heavy atom. The van der Waals surface area contributed by atoms with E-state index in [1.807, 2.05) is 6.07 Å². The number of hydrogen-bond donors (Lipinski definition) is 0. The Morgan fingerprint density at radius 1 is 1.08 bits per heavy atom. The topological polar surface area (TPSA) is 30.9 Å². The molecule has 1 aromatic rings. The molecule has 1 fully saturated rings. The van der Waals surface area contributed by atoms with Gasteiger partial charge in [-0.3, -0.25) is 4.90 Å². The van der Waals surface area contributed by atoms with Gasteiger partial charge in [0.05, 0.1) is 27.1 Å². The smallest absolute Gasteiger partial charge is 0.165 e. The number of benzene rings is 1. The maximum atomic E-state index is 5.84. The van der Waals surface area contributed by atoms with Crippen molar-refractivity contribution in [3.63, 3.8) is 0 Å². The zero-order valence-corrected chi connectivity index (χ0v) is 14.9. The third-order valence-corrected chi connectivity index (χ3v) is 6.05. The molecule has 128 valence electrons. The van der Waals surface area contributed by atoms with Crippen molar-refractivity contribution in [2.24, 2.45) is 0 Å². The molecule has 4 heteroatoms. The lowest BCUT2D eigenvalue weighted by Gasteiger charge is -2.54. The van der Waals surface area contributed by atoms with Crippen molar-refractivity contribution in [1.82, 2.24) is 4.90 Å². The summed E-state index contributed by atoms with van der Waals surface area (Å²) in [6.45, 7) is 1.08. The molecule has 1 aliphatic heterocycles. The van der Waals surface area contributed by atoms with E-state index in [0.717, 1.165) is 43.1 Å². The Morgan fingerprint density at radius 3 is 2.62 bits per heavy atom. The lowest BCUT2D eigenvalue weighted by molar-refractivity contribution is 0.146. The van der Waals surface area contributed by atoms with Crippen LogP contribution in [0.4, 0.5) is 0 Å². The van der Waals surface area contributed by atoms with E-state index in [1.54, 1.807) is 21.3 Å². The highest BCUT2D eigenvalue weighted by atomic mass is 16.5. The Hall–Kier alpha value is -1.94. The van der Waals surface area contributed by atoms with Gasteiger partial charge in [-0.2, -0.15) is 0 Å². The van der Waals surface area contributed by atoms with Crippen molar-refractivity contribution in [2.45, 2.75) is 30.7 Å². The van der Waals surface area contributed by atoms with Crippen LogP contribution in [0.25, 0.3) is 0 Å². The molecule has 0 unspecified atom stereocenters. The van der Waals surface area contributed by atoms with Gasteiger partial charge in [0.2, 0.25) is 0 Å². The van der Waals surface area contributed by atoms with E-state index < -0.39 is 0 Å². The monoisotopic (exact) mass is 327 g/mol. The first-order valence-electron chi connectivity index (χ1n) is 8.54. The molecule has 4 rings (SSSR count). The Bertz CT molecular complexity index is 737. The normalized spacial score (nSPS) is 28.2. The summed E-state index contributed by atoms with van der Waals surface area (Å²) in [5.41, 5.74) is 4.14. The maximum Gasteiger partial charge on any atom is 0.165 e. The number of ether oxygens (including phenoxy) is 3. The Balaban J connectivity index is 1.99. The van der Waals surface area contributed by atoms with E-state index in [-0.39, 0.29) is 5.41 Å². The van der Waals surface area contributed by atoms with Gasteiger partial charge in [-0.05, 0) is 49.7 Å². The molecule has 0 spiro atoms. The van der Waals surface area contributed by atoms with Gasteiger partial charge in [0, 0.05) is 23.4 Å². The van der Waals surface area contributed by atoms with Crippen molar-refractivity contribution in [2.75, 3.05) is 34.9 Å². The average Bonchev–Trinajstić information content (AvgIpc) is 2.63. The van der Waals surface area contributed by atoms with Gasteiger partial charge in [0.25, 0.3) is 0 Å². The second-order valence-corrected chi connectivity index (χ2v) is 7.00.